The van der Waals surface area contributed by atoms with E-state index in [0.29, 0.717) is 25.7 Å². The third-order valence-electron chi connectivity index (χ3n) is 3.48. The van der Waals surface area contributed by atoms with Gasteiger partial charge >= 0.3 is 5.97 Å². The van der Waals surface area contributed by atoms with Gasteiger partial charge in [0.2, 0.25) is 0 Å². The smallest absolute Gasteiger partial charge is 0.308 e. The predicted octanol–water partition coefficient (Wildman–Crippen LogP) is 0.305. The maximum absolute atomic E-state index is 11.7. The van der Waals surface area contributed by atoms with Crippen molar-refractivity contribution in [3.05, 3.63) is 0 Å². The predicted molar refractivity (Wildman–Crippen MR) is 66.0 cm³/mol. The highest BCUT2D eigenvalue weighted by Crippen LogP contribution is 2.26. The summed E-state index contributed by atoms with van der Waals surface area (Å²) < 4.78 is 33.4. The molecule has 2 fully saturated rings. The van der Waals surface area contributed by atoms with Gasteiger partial charge in [0.15, 0.2) is 0 Å². The number of hydrogen-bond donors (Lipinski definition) is 2. The molecule has 7 heteroatoms. The van der Waals surface area contributed by atoms with Gasteiger partial charge in [0, 0.05) is 12.1 Å². The van der Waals surface area contributed by atoms with E-state index in [9.17, 15) is 13.2 Å². The fourth-order valence-corrected chi connectivity index (χ4v) is 3.70. The van der Waals surface area contributed by atoms with Gasteiger partial charge in [-0.05, 0) is 38.5 Å². The number of ether oxygens (including phenoxy) is 1. The molecule has 2 N–H and O–H groups in total. The van der Waals surface area contributed by atoms with E-state index in [4.69, 9.17) is 4.74 Å². The van der Waals surface area contributed by atoms with Crippen LogP contribution in [0.4, 0.5) is 0 Å². The molecule has 2 saturated carbocycles. The van der Waals surface area contributed by atoms with Crippen LogP contribution < -0.4 is 9.44 Å². The highest BCUT2D eigenvalue weighted by molar-refractivity contribution is 7.87. The van der Waals surface area contributed by atoms with Crippen molar-refractivity contribution in [2.45, 2.75) is 50.6 Å². The van der Waals surface area contributed by atoms with Gasteiger partial charge in [0.25, 0.3) is 10.2 Å². The second kappa shape index (κ2) is 5.54. The van der Waals surface area contributed by atoms with E-state index in [1.165, 1.54) is 7.11 Å². The lowest BCUT2D eigenvalue weighted by molar-refractivity contribution is -0.146. The second-order valence-corrected chi connectivity index (χ2v) is 6.56. The molecule has 0 bridgehead atoms. The van der Waals surface area contributed by atoms with E-state index >= 15 is 0 Å². The highest BCUT2D eigenvalue weighted by Gasteiger charge is 2.31. The zero-order valence-corrected chi connectivity index (χ0v) is 11.3. The Morgan fingerprint density at radius 2 is 1.44 bits per heavy atom. The van der Waals surface area contributed by atoms with Crippen LogP contribution in [0.3, 0.4) is 0 Å². The number of esters is 1. The Balaban J connectivity index is 1.77. The van der Waals surface area contributed by atoms with Crippen LogP contribution in [0.2, 0.25) is 0 Å². The average molecular weight is 276 g/mol. The average Bonchev–Trinajstić information content (AvgIpc) is 3.11. The van der Waals surface area contributed by atoms with Crippen LogP contribution >= 0.6 is 0 Å². The molecular weight excluding hydrogens is 256 g/mol. The lowest BCUT2D eigenvalue weighted by Gasteiger charge is -2.27. The molecule has 2 aliphatic rings. The molecule has 0 aromatic rings. The molecule has 0 aliphatic heterocycles. The third-order valence-corrected chi connectivity index (χ3v) is 4.77. The summed E-state index contributed by atoms with van der Waals surface area (Å²) in [5.41, 5.74) is 0. The Bertz CT molecular complexity index is 397. The van der Waals surface area contributed by atoms with Gasteiger partial charge < -0.3 is 4.74 Å². The van der Waals surface area contributed by atoms with Crippen molar-refractivity contribution in [3.63, 3.8) is 0 Å². The van der Waals surface area contributed by atoms with Crippen LogP contribution in [0.15, 0.2) is 0 Å². The van der Waals surface area contributed by atoms with Crippen LogP contribution in [0.25, 0.3) is 0 Å². The van der Waals surface area contributed by atoms with Gasteiger partial charge in [0.1, 0.15) is 0 Å². The molecule has 18 heavy (non-hydrogen) atoms. The lowest BCUT2D eigenvalue weighted by atomic mass is 9.86. The number of rotatable bonds is 5. The van der Waals surface area contributed by atoms with Gasteiger partial charge in [-0.1, -0.05) is 0 Å². The molecule has 0 atom stereocenters. The molecule has 6 nitrogen and oxygen atoms in total. The summed E-state index contributed by atoms with van der Waals surface area (Å²) in [5.74, 6) is -0.264. The molecule has 0 spiro atoms. The van der Waals surface area contributed by atoms with Crippen LogP contribution in [0.1, 0.15) is 38.5 Å². The molecule has 0 unspecified atom stereocenters. The molecule has 0 heterocycles. The molecule has 0 amide bonds. The van der Waals surface area contributed by atoms with Crippen molar-refractivity contribution < 1.29 is 17.9 Å². The van der Waals surface area contributed by atoms with Crippen molar-refractivity contribution in [1.29, 1.82) is 0 Å². The van der Waals surface area contributed by atoms with Crippen LogP contribution in [-0.4, -0.2) is 33.6 Å². The maximum Gasteiger partial charge on any atom is 0.308 e. The van der Waals surface area contributed by atoms with Gasteiger partial charge in [0.05, 0.1) is 13.0 Å². The van der Waals surface area contributed by atoms with Crippen molar-refractivity contribution in [2.75, 3.05) is 7.11 Å². The van der Waals surface area contributed by atoms with Gasteiger partial charge in [-0.3, -0.25) is 4.79 Å². The SMILES string of the molecule is COC(=O)C1CCC(NS(=O)(=O)NC2CC2)CC1. The minimum atomic E-state index is -3.38. The lowest BCUT2D eigenvalue weighted by Crippen LogP contribution is -2.45. The Kier molecular flexibility index (Phi) is 4.24. The van der Waals surface area contributed by atoms with E-state index in [-0.39, 0.29) is 24.0 Å². The minimum Gasteiger partial charge on any atom is -0.469 e. The van der Waals surface area contributed by atoms with Crippen molar-refractivity contribution in [2.24, 2.45) is 5.92 Å². The van der Waals surface area contributed by atoms with E-state index < -0.39 is 10.2 Å². The minimum absolute atomic E-state index is 0.0674. The summed E-state index contributed by atoms with van der Waals surface area (Å²) >= 11 is 0. The van der Waals surface area contributed by atoms with Crippen LogP contribution in [0, 0.1) is 5.92 Å². The first-order valence-corrected chi connectivity index (χ1v) is 7.86. The Labute approximate surface area is 108 Å². The zero-order valence-electron chi connectivity index (χ0n) is 10.5. The molecular formula is C11H20N2O4S. The van der Waals surface area contributed by atoms with E-state index in [1.807, 2.05) is 0 Å². The van der Waals surface area contributed by atoms with Crippen molar-refractivity contribution in [3.8, 4) is 0 Å². The summed E-state index contributed by atoms with van der Waals surface area (Å²) in [7, 11) is -1.99. The van der Waals surface area contributed by atoms with Crippen molar-refractivity contribution in [1.82, 2.24) is 9.44 Å². The van der Waals surface area contributed by atoms with Gasteiger partial charge in [-0.25, -0.2) is 0 Å². The third kappa shape index (κ3) is 3.93. The Morgan fingerprint density at radius 1 is 1.00 bits per heavy atom. The van der Waals surface area contributed by atoms with Gasteiger partial charge in [-0.2, -0.15) is 17.9 Å². The fourth-order valence-electron chi connectivity index (χ4n) is 2.29. The number of hydrogen-bond acceptors (Lipinski definition) is 4. The summed E-state index contributed by atoms with van der Waals surface area (Å²) in [4.78, 5) is 11.3. The Morgan fingerprint density at radius 3 is 1.83 bits per heavy atom. The molecule has 0 aromatic carbocycles. The first-order chi connectivity index (χ1) is 8.50. The molecule has 0 radical (unpaired) electrons. The number of nitrogens with one attached hydrogen (secondary N) is 2. The second-order valence-electron chi connectivity index (χ2n) is 5.09. The molecule has 2 aliphatic carbocycles. The summed E-state index contributed by atoms with van der Waals surface area (Å²) in [5, 5.41) is 0. The first kappa shape index (κ1) is 13.8. The maximum atomic E-state index is 11.7. The summed E-state index contributed by atoms with van der Waals surface area (Å²) in [6.07, 6.45) is 4.59. The van der Waals surface area contributed by atoms with Crippen LogP contribution in [-0.2, 0) is 19.7 Å². The van der Waals surface area contributed by atoms with E-state index in [1.54, 1.807) is 0 Å². The quantitative estimate of drug-likeness (QED) is 0.708. The first-order valence-electron chi connectivity index (χ1n) is 6.37. The normalized spacial score (nSPS) is 28.9. The van der Waals surface area contributed by atoms with Crippen LogP contribution in [0.5, 0.6) is 0 Å². The van der Waals surface area contributed by atoms with E-state index in [2.05, 4.69) is 9.44 Å². The number of methoxy groups -OCH3 is 1. The summed E-state index contributed by atoms with van der Waals surface area (Å²) in [6, 6.07) is 0.0519. The molecule has 0 saturated heterocycles. The standard InChI is InChI=1S/C11H20N2O4S/c1-17-11(14)8-2-4-9(5-3-8)12-18(15,16)13-10-6-7-10/h8-10,12-13H,2-7H2,1H3. The highest BCUT2D eigenvalue weighted by atomic mass is 32.2. The molecule has 2 rings (SSSR count). The number of carbonyl (C=O) groups excluding carboxylic acids is 1. The largest absolute Gasteiger partial charge is 0.469 e. The monoisotopic (exact) mass is 276 g/mol. The summed E-state index contributed by atoms with van der Waals surface area (Å²) in [6.45, 7) is 0. The molecule has 104 valence electrons. The molecule has 0 aromatic heterocycles. The Hall–Kier alpha value is -0.660. The number of carbonyl (C=O) groups is 1. The topological polar surface area (TPSA) is 84.5 Å². The zero-order chi connectivity index (χ0) is 13.2. The fraction of sp³-hybridized carbons (Fsp3) is 0.909. The van der Waals surface area contributed by atoms with Gasteiger partial charge in [-0.15, -0.1) is 0 Å². The van der Waals surface area contributed by atoms with Crippen molar-refractivity contribution >= 4 is 16.2 Å². The van der Waals surface area contributed by atoms with E-state index in [0.717, 1.165) is 12.8 Å².